The molecule has 1 fully saturated rings. The second-order valence-corrected chi connectivity index (χ2v) is 7.54. The van der Waals surface area contributed by atoms with E-state index in [4.69, 9.17) is 4.74 Å². The number of thioether (sulfide) groups is 1. The van der Waals surface area contributed by atoms with Crippen LogP contribution >= 0.6 is 11.8 Å². The van der Waals surface area contributed by atoms with Crippen molar-refractivity contribution in [2.75, 3.05) is 42.3 Å². The third kappa shape index (κ3) is 5.83. The molecular formula is C19H21F3N4O2S. The third-order valence-electron chi connectivity index (χ3n) is 4.25. The number of aromatic nitrogens is 2. The van der Waals surface area contributed by atoms with Gasteiger partial charge in [-0.05, 0) is 38.1 Å². The van der Waals surface area contributed by atoms with Crippen LogP contribution in [-0.4, -0.2) is 47.9 Å². The summed E-state index contributed by atoms with van der Waals surface area (Å²) in [5.74, 6) is -0.645. The van der Waals surface area contributed by atoms with Gasteiger partial charge < -0.3 is 15.0 Å². The Hall–Kier alpha value is -2.33. The van der Waals surface area contributed by atoms with Gasteiger partial charge in [-0.1, -0.05) is 11.8 Å². The van der Waals surface area contributed by atoms with Crippen molar-refractivity contribution in [3.05, 3.63) is 41.2 Å². The van der Waals surface area contributed by atoms with E-state index >= 15 is 0 Å². The van der Waals surface area contributed by atoms with Crippen molar-refractivity contribution in [3.63, 3.8) is 0 Å². The molecule has 0 unspecified atom stereocenters. The molecule has 0 aliphatic carbocycles. The number of morpholine rings is 1. The molecule has 0 spiro atoms. The largest absolute Gasteiger partial charge is 0.418 e. The van der Waals surface area contributed by atoms with Gasteiger partial charge in [0.15, 0.2) is 5.16 Å². The van der Waals surface area contributed by atoms with Crippen LogP contribution in [0, 0.1) is 13.8 Å². The number of amides is 1. The van der Waals surface area contributed by atoms with E-state index in [1.807, 2.05) is 18.7 Å². The monoisotopic (exact) mass is 426 g/mol. The van der Waals surface area contributed by atoms with Gasteiger partial charge in [-0.2, -0.15) is 13.2 Å². The van der Waals surface area contributed by atoms with Crippen LogP contribution in [-0.2, 0) is 15.7 Å². The molecule has 1 aromatic carbocycles. The first-order valence-corrected chi connectivity index (χ1v) is 10.00. The van der Waals surface area contributed by atoms with E-state index in [0.717, 1.165) is 29.2 Å². The topological polar surface area (TPSA) is 67.4 Å². The maximum Gasteiger partial charge on any atom is 0.418 e. The summed E-state index contributed by atoms with van der Waals surface area (Å²) in [6.07, 6.45) is -4.59. The van der Waals surface area contributed by atoms with Gasteiger partial charge in [0.1, 0.15) is 0 Å². The summed E-state index contributed by atoms with van der Waals surface area (Å²) in [4.78, 5) is 22.5. The number of halogens is 3. The van der Waals surface area contributed by atoms with Gasteiger partial charge >= 0.3 is 6.18 Å². The summed E-state index contributed by atoms with van der Waals surface area (Å²) in [7, 11) is 0. The molecule has 1 amide bonds. The molecule has 0 bridgehead atoms. The van der Waals surface area contributed by atoms with Crippen LogP contribution in [0.25, 0.3) is 0 Å². The van der Waals surface area contributed by atoms with E-state index < -0.39 is 17.6 Å². The lowest BCUT2D eigenvalue weighted by Crippen LogP contribution is -2.36. The summed E-state index contributed by atoms with van der Waals surface area (Å²) in [5.41, 5.74) is 0.845. The zero-order valence-electron chi connectivity index (χ0n) is 16.0. The van der Waals surface area contributed by atoms with E-state index in [2.05, 4.69) is 15.3 Å². The molecule has 2 aromatic rings. The fourth-order valence-corrected chi connectivity index (χ4v) is 3.72. The standard InChI is InChI=1S/C19H21F3N4O2S/c1-12-9-13(2)24-18(23-12)29-11-17(27)25-16-4-3-14(10-15(16)19(20,21)22)26-5-7-28-8-6-26/h3-4,9-10H,5-8,11H2,1-2H3,(H,25,27). The van der Waals surface area contributed by atoms with Gasteiger partial charge in [0.2, 0.25) is 5.91 Å². The fourth-order valence-electron chi connectivity index (χ4n) is 2.97. The first-order valence-electron chi connectivity index (χ1n) is 9.01. The minimum atomic E-state index is -4.59. The predicted octanol–water partition coefficient (Wildman–Crippen LogP) is 3.68. The first kappa shape index (κ1) is 21.4. The number of ether oxygens (including phenoxy) is 1. The maximum absolute atomic E-state index is 13.6. The van der Waals surface area contributed by atoms with Gasteiger partial charge in [0.05, 0.1) is 30.2 Å². The maximum atomic E-state index is 13.6. The number of hydrogen-bond donors (Lipinski definition) is 1. The van der Waals surface area contributed by atoms with Crippen LogP contribution in [0.2, 0.25) is 0 Å². The van der Waals surface area contributed by atoms with Gasteiger partial charge in [0, 0.05) is 30.2 Å². The number of nitrogens with zero attached hydrogens (tertiary/aromatic N) is 3. The Morgan fingerprint density at radius 2 is 1.83 bits per heavy atom. The molecule has 1 N–H and O–H groups in total. The molecule has 10 heteroatoms. The summed E-state index contributed by atoms with van der Waals surface area (Å²) in [6, 6.07) is 5.75. The summed E-state index contributed by atoms with van der Waals surface area (Å²) < 4.78 is 45.9. The lowest BCUT2D eigenvalue weighted by Gasteiger charge is -2.29. The predicted molar refractivity (Wildman–Crippen MR) is 105 cm³/mol. The number of alkyl halides is 3. The fraction of sp³-hybridized carbons (Fsp3) is 0.421. The Morgan fingerprint density at radius 1 is 1.17 bits per heavy atom. The smallest absolute Gasteiger partial charge is 0.378 e. The molecular weight excluding hydrogens is 405 g/mol. The van der Waals surface area contributed by atoms with Crippen molar-refractivity contribution >= 4 is 29.0 Å². The number of aryl methyl sites for hydroxylation is 2. The molecule has 2 heterocycles. The summed E-state index contributed by atoms with van der Waals surface area (Å²) >= 11 is 1.08. The molecule has 156 valence electrons. The number of benzene rings is 1. The minimum absolute atomic E-state index is 0.0919. The van der Waals surface area contributed by atoms with Gasteiger partial charge in [0.25, 0.3) is 0 Å². The quantitative estimate of drug-likeness (QED) is 0.581. The molecule has 1 saturated heterocycles. The van der Waals surface area contributed by atoms with E-state index in [9.17, 15) is 18.0 Å². The molecule has 0 saturated carbocycles. The van der Waals surface area contributed by atoms with Crippen LogP contribution in [0.1, 0.15) is 17.0 Å². The van der Waals surface area contributed by atoms with Gasteiger partial charge in [-0.3, -0.25) is 4.79 Å². The molecule has 0 atom stereocenters. The molecule has 0 radical (unpaired) electrons. The van der Waals surface area contributed by atoms with Crippen LogP contribution < -0.4 is 10.2 Å². The number of hydrogen-bond acceptors (Lipinski definition) is 6. The Bertz CT molecular complexity index is 866. The van der Waals surface area contributed by atoms with Crippen molar-refractivity contribution in [1.29, 1.82) is 0 Å². The Kier molecular flexibility index (Phi) is 6.63. The third-order valence-corrected chi connectivity index (χ3v) is 5.10. The van der Waals surface area contributed by atoms with Crippen molar-refractivity contribution < 1.29 is 22.7 Å². The molecule has 6 nitrogen and oxygen atoms in total. The summed E-state index contributed by atoms with van der Waals surface area (Å²) in [5, 5.41) is 2.78. The van der Waals surface area contributed by atoms with Crippen LogP contribution in [0.15, 0.2) is 29.4 Å². The second kappa shape index (κ2) is 9.00. The first-order chi connectivity index (χ1) is 13.7. The summed E-state index contributed by atoms with van der Waals surface area (Å²) in [6.45, 7) is 5.61. The molecule has 29 heavy (non-hydrogen) atoms. The van der Waals surface area contributed by atoms with Crippen molar-refractivity contribution in [2.45, 2.75) is 25.2 Å². The number of anilines is 2. The number of rotatable bonds is 5. The average Bonchev–Trinajstić information content (AvgIpc) is 2.66. The SMILES string of the molecule is Cc1cc(C)nc(SCC(=O)Nc2ccc(N3CCOCC3)cc2C(F)(F)F)n1. The Labute approximate surface area is 170 Å². The lowest BCUT2D eigenvalue weighted by atomic mass is 10.1. The number of nitrogens with one attached hydrogen (secondary N) is 1. The van der Waals surface area contributed by atoms with Gasteiger partial charge in [-0.15, -0.1) is 0 Å². The molecule has 1 aromatic heterocycles. The van der Waals surface area contributed by atoms with Crippen LogP contribution in [0.3, 0.4) is 0 Å². The van der Waals surface area contributed by atoms with E-state index in [1.165, 1.54) is 6.07 Å². The van der Waals surface area contributed by atoms with E-state index in [1.54, 1.807) is 12.1 Å². The molecule has 3 rings (SSSR count). The number of carbonyl (C=O) groups excluding carboxylic acids is 1. The van der Waals surface area contributed by atoms with Gasteiger partial charge in [-0.25, -0.2) is 9.97 Å². The lowest BCUT2D eigenvalue weighted by molar-refractivity contribution is -0.136. The molecule has 1 aliphatic rings. The zero-order chi connectivity index (χ0) is 21.0. The van der Waals surface area contributed by atoms with Crippen molar-refractivity contribution in [2.24, 2.45) is 0 Å². The van der Waals surface area contributed by atoms with Crippen LogP contribution in [0.5, 0.6) is 0 Å². The average molecular weight is 426 g/mol. The Balaban J connectivity index is 1.72. The number of carbonyl (C=O) groups is 1. The van der Waals surface area contributed by atoms with Crippen molar-refractivity contribution in [1.82, 2.24) is 9.97 Å². The van der Waals surface area contributed by atoms with E-state index in [-0.39, 0.29) is 11.4 Å². The van der Waals surface area contributed by atoms with E-state index in [0.29, 0.717) is 37.1 Å². The Morgan fingerprint density at radius 3 is 2.45 bits per heavy atom. The van der Waals surface area contributed by atoms with Crippen LogP contribution in [0.4, 0.5) is 24.5 Å². The normalized spacial score (nSPS) is 14.7. The minimum Gasteiger partial charge on any atom is -0.378 e. The highest BCUT2D eigenvalue weighted by Crippen LogP contribution is 2.37. The highest BCUT2D eigenvalue weighted by atomic mass is 32.2. The highest BCUT2D eigenvalue weighted by Gasteiger charge is 2.34. The molecule has 1 aliphatic heterocycles. The second-order valence-electron chi connectivity index (χ2n) is 6.60. The van der Waals surface area contributed by atoms with Crippen molar-refractivity contribution in [3.8, 4) is 0 Å². The zero-order valence-corrected chi connectivity index (χ0v) is 16.9. The highest BCUT2D eigenvalue weighted by molar-refractivity contribution is 7.99.